The van der Waals surface area contributed by atoms with Crippen molar-refractivity contribution >= 4 is 23.0 Å². The highest BCUT2D eigenvalue weighted by Crippen LogP contribution is 2.39. The second kappa shape index (κ2) is 6.07. The molecule has 0 aromatic heterocycles. The predicted molar refractivity (Wildman–Crippen MR) is 77.6 cm³/mol. The van der Waals surface area contributed by atoms with Crippen LogP contribution in [-0.2, 0) is 9.31 Å². The van der Waals surface area contributed by atoms with Crippen LogP contribution in [-0.4, -0.2) is 23.0 Å². The van der Waals surface area contributed by atoms with Crippen molar-refractivity contribution in [3.63, 3.8) is 0 Å². The summed E-state index contributed by atoms with van der Waals surface area (Å²) in [4.78, 5) is 0. The fourth-order valence-corrected chi connectivity index (χ4v) is 2.48. The Bertz CT molecular complexity index is 228. The molecule has 1 aliphatic rings. The average Bonchev–Trinajstić information content (AvgIpc) is 2.43. The van der Waals surface area contributed by atoms with Gasteiger partial charge in [-0.15, -0.1) is 0 Å². The van der Waals surface area contributed by atoms with Gasteiger partial charge in [0.15, 0.2) is 0 Å². The van der Waals surface area contributed by atoms with Gasteiger partial charge >= 0.3 is 7.12 Å². The minimum absolute atomic E-state index is 0.110. The van der Waals surface area contributed by atoms with Gasteiger partial charge in [0.05, 0.1) is 11.2 Å². The lowest BCUT2D eigenvalue weighted by molar-refractivity contribution is 0.00578. The zero-order valence-corrected chi connectivity index (χ0v) is 13.5. The zero-order chi connectivity index (χ0) is 13.1. The third-order valence-corrected chi connectivity index (χ3v) is 4.79. The molecule has 1 unspecified atom stereocenters. The number of hydrogen-bond donors (Lipinski definition) is 0. The van der Waals surface area contributed by atoms with Gasteiger partial charge in [-0.05, 0) is 34.1 Å². The van der Waals surface area contributed by atoms with Crippen molar-refractivity contribution < 1.29 is 9.31 Å². The number of rotatable bonds is 6. The van der Waals surface area contributed by atoms with Crippen LogP contribution in [0.2, 0.25) is 0 Å². The molecule has 0 aliphatic carbocycles. The molecule has 1 fully saturated rings. The molecule has 0 aromatic rings. The summed E-state index contributed by atoms with van der Waals surface area (Å²) in [5.41, 5.74) is -0.430. The SMILES string of the molecule is CCCCCCC(Br)B1OC(C)(C)C(C)(C)O1. The first-order valence-electron chi connectivity index (χ1n) is 6.80. The fourth-order valence-electron chi connectivity index (χ4n) is 1.94. The monoisotopic (exact) mass is 304 g/mol. The summed E-state index contributed by atoms with van der Waals surface area (Å²) in [7, 11) is -0.110. The Kier molecular flexibility index (Phi) is 5.54. The molecule has 4 heteroatoms. The van der Waals surface area contributed by atoms with E-state index >= 15 is 0 Å². The highest BCUT2D eigenvalue weighted by Gasteiger charge is 2.53. The summed E-state index contributed by atoms with van der Waals surface area (Å²) in [6.45, 7) is 10.6. The van der Waals surface area contributed by atoms with Crippen molar-refractivity contribution in [1.82, 2.24) is 0 Å². The smallest absolute Gasteiger partial charge is 0.403 e. The van der Waals surface area contributed by atoms with Crippen LogP contribution in [0, 0.1) is 0 Å². The molecule has 0 radical (unpaired) electrons. The Labute approximate surface area is 115 Å². The fraction of sp³-hybridized carbons (Fsp3) is 1.00. The average molecular weight is 305 g/mol. The summed E-state index contributed by atoms with van der Waals surface area (Å²) in [5.74, 6) is 0. The van der Waals surface area contributed by atoms with E-state index in [1.165, 1.54) is 25.7 Å². The third kappa shape index (κ3) is 3.97. The predicted octanol–water partition coefficient (Wildman–Crippen LogP) is 4.35. The largest absolute Gasteiger partial charge is 0.472 e. The topological polar surface area (TPSA) is 18.5 Å². The van der Waals surface area contributed by atoms with Crippen LogP contribution >= 0.6 is 15.9 Å². The summed E-state index contributed by atoms with van der Waals surface area (Å²) in [6, 6.07) is 0. The van der Waals surface area contributed by atoms with Gasteiger partial charge in [0.25, 0.3) is 0 Å². The first-order valence-corrected chi connectivity index (χ1v) is 7.71. The molecule has 0 saturated carbocycles. The van der Waals surface area contributed by atoms with Crippen molar-refractivity contribution in [3.8, 4) is 0 Å². The Balaban J connectivity index is 2.37. The van der Waals surface area contributed by atoms with E-state index in [0.717, 1.165) is 6.42 Å². The maximum absolute atomic E-state index is 6.01. The Morgan fingerprint density at radius 1 is 1.00 bits per heavy atom. The summed E-state index contributed by atoms with van der Waals surface area (Å²) in [6.07, 6.45) is 6.27. The van der Waals surface area contributed by atoms with E-state index in [1.807, 2.05) is 0 Å². The van der Waals surface area contributed by atoms with E-state index in [9.17, 15) is 0 Å². The maximum Gasteiger partial charge on any atom is 0.472 e. The van der Waals surface area contributed by atoms with Crippen LogP contribution in [0.3, 0.4) is 0 Å². The quantitative estimate of drug-likeness (QED) is 0.412. The second-order valence-corrected chi connectivity index (χ2v) is 7.17. The highest BCUT2D eigenvalue weighted by atomic mass is 79.9. The first kappa shape index (κ1) is 15.5. The molecule has 1 saturated heterocycles. The third-order valence-electron chi connectivity index (χ3n) is 3.90. The standard InChI is InChI=1S/C13H26BBrO2/c1-6-7-8-9-10-11(15)14-16-12(2,3)13(4,5)17-14/h11H,6-10H2,1-5H3. The van der Waals surface area contributed by atoms with E-state index in [-0.39, 0.29) is 18.3 Å². The van der Waals surface area contributed by atoms with E-state index in [1.54, 1.807) is 0 Å². The van der Waals surface area contributed by atoms with E-state index in [0.29, 0.717) is 4.73 Å². The van der Waals surface area contributed by atoms with Crippen LogP contribution in [0.15, 0.2) is 0 Å². The number of alkyl halides is 1. The second-order valence-electron chi connectivity index (χ2n) is 5.99. The molecule has 0 aromatic carbocycles. The van der Waals surface area contributed by atoms with E-state index < -0.39 is 0 Å². The zero-order valence-electron chi connectivity index (χ0n) is 11.9. The van der Waals surface area contributed by atoms with Crippen LogP contribution < -0.4 is 0 Å². The molecule has 1 heterocycles. The van der Waals surface area contributed by atoms with Gasteiger partial charge in [0, 0.05) is 4.73 Å². The van der Waals surface area contributed by atoms with Crippen LogP contribution in [0.4, 0.5) is 0 Å². The van der Waals surface area contributed by atoms with Crippen molar-refractivity contribution in [2.75, 3.05) is 0 Å². The molecule has 2 nitrogen and oxygen atoms in total. The molecule has 0 bridgehead atoms. The Morgan fingerprint density at radius 2 is 1.53 bits per heavy atom. The minimum Gasteiger partial charge on any atom is -0.403 e. The van der Waals surface area contributed by atoms with Gasteiger partial charge in [-0.25, -0.2) is 0 Å². The van der Waals surface area contributed by atoms with Crippen molar-refractivity contribution in [1.29, 1.82) is 0 Å². The summed E-state index contributed by atoms with van der Waals surface area (Å²) >= 11 is 3.71. The molecule has 0 N–H and O–H groups in total. The molecule has 1 aliphatic heterocycles. The van der Waals surface area contributed by atoms with Crippen LogP contribution in [0.5, 0.6) is 0 Å². The number of hydrogen-bond acceptors (Lipinski definition) is 2. The van der Waals surface area contributed by atoms with E-state index in [4.69, 9.17) is 9.31 Å². The van der Waals surface area contributed by atoms with Crippen molar-refractivity contribution in [2.24, 2.45) is 0 Å². The van der Waals surface area contributed by atoms with Crippen molar-refractivity contribution in [3.05, 3.63) is 0 Å². The Hall–Kier alpha value is 0.465. The van der Waals surface area contributed by atoms with Gasteiger partial charge < -0.3 is 9.31 Å². The van der Waals surface area contributed by atoms with Gasteiger partial charge in [0.1, 0.15) is 0 Å². The summed E-state index contributed by atoms with van der Waals surface area (Å²) in [5, 5.41) is 0. The number of halogens is 1. The van der Waals surface area contributed by atoms with Gasteiger partial charge in [-0.3, -0.25) is 0 Å². The molecule has 100 valence electrons. The first-order chi connectivity index (χ1) is 7.80. The lowest BCUT2D eigenvalue weighted by Gasteiger charge is -2.32. The normalized spacial score (nSPS) is 24.0. The maximum atomic E-state index is 6.01. The summed E-state index contributed by atoms with van der Waals surface area (Å²) < 4.78 is 12.3. The number of unbranched alkanes of at least 4 members (excludes halogenated alkanes) is 3. The van der Waals surface area contributed by atoms with E-state index in [2.05, 4.69) is 50.5 Å². The molecule has 0 spiro atoms. The molecular formula is C13H26BBrO2. The Morgan fingerprint density at radius 3 is 2.00 bits per heavy atom. The van der Waals surface area contributed by atoms with Gasteiger partial charge in [-0.2, -0.15) is 0 Å². The van der Waals surface area contributed by atoms with Crippen LogP contribution in [0.25, 0.3) is 0 Å². The highest BCUT2D eigenvalue weighted by molar-refractivity contribution is 9.10. The molecule has 1 rings (SSSR count). The lowest BCUT2D eigenvalue weighted by Crippen LogP contribution is -2.41. The van der Waals surface area contributed by atoms with Gasteiger partial charge in [-0.1, -0.05) is 48.5 Å². The molecular weight excluding hydrogens is 279 g/mol. The molecule has 1 atom stereocenters. The minimum atomic E-state index is -0.215. The van der Waals surface area contributed by atoms with Crippen molar-refractivity contribution in [2.45, 2.75) is 82.7 Å². The van der Waals surface area contributed by atoms with Crippen LogP contribution in [0.1, 0.15) is 66.7 Å². The van der Waals surface area contributed by atoms with Gasteiger partial charge in [0.2, 0.25) is 0 Å². The lowest BCUT2D eigenvalue weighted by atomic mass is 9.82. The molecule has 17 heavy (non-hydrogen) atoms. The molecule has 0 amide bonds.